The van der Waals surface area contributed by atoms with Crippen molar-refractivity contribution < 1.29 is 4.79 Å². The molecule has 2 aromatic rings. The highest BCUT2D eigenvalue weighted by Gasteiger charge is 2.26. The average Bonchev–Trinajstić information content (AvgIpc) is 3.04. The van der Waals surface area contributed by atoms with Crippen molar-refractivity contribution in [1.29, 1.82) is 0 Å². The molecule has 6 heteroatoms. The molecule has 1 unspecified atom stereocenters. The van der Waals surface area contributed by atoms with E-state index in [2.05, 4.69) is 29.1 Å². The van der Waals surface area contributed by atoms with Gasteiger partial charge in [0.25, 0.3) is 0 Å². The van der Waals surface area contributed by atoms with E-state index in [1.807, 2.05) is 23.4 Å². The van der Waals surface area contributed by atoms with Crippen LogP contribution in [0, 0.1) is 20.8 Å². The lowest BCUT2D eigenvalue weighted by Gasteiger charge is -2.33. The van der Waals surface area contributed by atoms with Crippen LogP contribution in [0.3, 0.4) is 0 Å². The van der Waals surface area contributed by atoms with E-state index in [1.54, 1.807) is 11.3 Å². The molecule has 0 saturated carbocycles. The predicted molar refractivity (Wildman–Crippen MR) is 87.1 cm³/mol. The van der Waals surface area contributed by atoms with Crippen LogP contribution in [0.25, 0.3) is 0 Å². The molecule has 5 nitrogen and oxygen atoms in total. The van der Waals surface area contributed by atoms with Gasteiger partial charge in [-0.05, 0) is 45.7 Å². The first-order chi connectivity index (χ1) is 10.5. The first kappa shape index (κ1) is 15.2. The fourth-order valence-electron chi connectivity index (χ4n) is 3.10. The molecular weight excluding hydrogens is 296 g/mol. The van der Waals surface area contributed by atoms with Gasteiger partial charge in [-0.1, -0.05) is 0 Å². The number of aromatic nitrogens is 3. The minimum Gasteiger partial charge on any atom is -0.340 e. The summed E-state index contributed by atoms with van der Waals surface area (Å²) >= 11 is 1.71. The first-order valence-corrected chi connectivity index (χ1v) is 8.57. The zero-order chi connectivity index (χ0) is 15.7. The van der Waals surface area contributed by atoms with Crippen LogP contribution in [0.2, 0.25) is 0 Å². The molecule has 0 aliphatic carbocycles. The Labute approximate surface area is 135 Å². The number of amides is 1. The highest BCUT2D eigenvalue weighted by Crippen LogP contribution is 2.23. The Morgan fingerprint density at radius 1 is 1.36 bits per heavy atom. The van der Waals surface area contributed by atoms with Gasteiger partial charge in [-0.15, -0.1) is 11.3 Å². The molecule has 3 heterocycles. The van der Waals surface area contributed by atoms with E-state index in [0.717, 1.165) is 42.5 Å². The summed E-state index contributed by atoms with van der Waals surface area (Å²) in [6.45, 7) is 7.56. The van der Waals surface area contributed by atoms with Gasteiger partial charge in [-0.3, -0.25) is 4.79 Å². The molecule has 3 rings (SSSR count). The van der Waals surface area contributed by atoms with Crippen molar-refractivity contribution in [3.05, 3.63) is 33.5 Å². The lowest BCUT2D eigenvalue weighted by Crippen LogP contribution is -2.41. The van der Waals surface area contributed by atoms with Crippen molar-refractivity contribution in [2.75, 3.05) is 13.1 Å². The molecule has 0 aromatic carbocycles. The maximum Gasteiger partial charge on any atom is 0.227 e. The molecule has 0 N–H and O–H groups in total. The van der Waals surface area contributed by atoms with E-state index in [1.165, 1.54) is 4.88 Å². The highest BCUT2D eigenvalue weighted by molar-refractivity contribution is 7.12. The van der Waals surface area contributed by atoms with E-state index in [4.69, 9.17) is 0 Å². The fraction of sp³-hybridized carbons (Fsp3) is 0.562. The molecule has 1 atom stereocenters. The molecule has 0 bridgehead atoms. The lowest BCUT2D eigenvalue weighted by molar-refractivity contribution is -0.132. The number of hydrogen-bond donors (Lipinski definition) is 0. The quantitative estimate of drug-likeness (QED) is 0.874. The van der Waals surface area contributed by atoms with Crippen LogP contribution >= 0.6 is 11.3 Å². The van der Waals surface area contributed by atoms with Crippen molar-refractivity contribution in [1.82, 2.24) is 19.7 Å². The number of hydrogen-bond acceptors (Lipinski definition) is 4. The van der Waals surface area contributed by atoms with Gasteiger partial charge in [0.05, 0.1) is 12.5 Å². The normalized spacial score (nSPS) is 18.7. The van der Waals surface area contributed by atoms with Gasteiger partial charge in [-0.2, -0.15) is 5.10 Å². The zero-order valence-corrected chi connectivity index (χ0v) is 14.2. The summed E-state index contributed by atoms with van der Waals surface area (Å²) in [5.74, 6) is 1.96. The number of nitrogens with zero attached hydrogens (tertiary/aromatic N) is 4. The maximum absolute atomic E-state index is 12.5. The first-order valence-electron chi connectivity index (χ1n) is 7.76. The number of carbonyl (C=O) groups excluding carboxylic acids is 1. The van der Waals surface area contributed by atoms with Crippen LogP contribution in [0.4, 0.5) is 0 Å². The Bertz CT molecular complexity index is 675. The van der Waals surface area contributed by atoms with E-state index in [9.17, 15) is 4.79 Å². The zero-order valence-electron chi connectivity index (χ0n) is 13.4. The van der Waals surface area contributed by atoms with Crippen molar-refractivity contribution in [3.8, 4) is 0 Å². The van der Waals surface area contributed by atoms with Gasteiger partial charge in [0.15, 0.2) is 0 Å². The second-order valence-electron chi connectivity index (χ2n) is 5.98. The molecule has 0 radical (unpaired) electrons. The minimum absolute atomic E-state index is 0.223. The molecule has 1 saturated heterocycles. The molecule has 1 aliphatic heterocycles. The highest BCUT2D eigenvalue weighted by atomic mass is 32.1. The van der Waals surface area contributed by atoms with Gasteiger partial charge in [0, 0.05) is 22.8 Å². The van der Waals surface area contributed by atoms with E-state index >= 15 is 0 Å². The second kappa shape index (κ2) is 6.20. The van der Waals surface area contributed by atoms with Crippen molar-refractivity contribution in [2.24, 2.45) is 0 Å². The van der Waals surface area contributed by atoms with Crippen LogP contribution in [0.15, 0.2) is 12.1 Å². The van der Waals surface area contributed by atoms with Crippen LogP contribution in [-0.4, -0.2) is 38.7 Å². The third-order valence-corrected chi connectivity index (χ3v) is 5.12. The van der Waals surface area contributed by atoms with Gasteiger partial charge in [0.2, 0.25) is 5.91 Å². The second-order valence-corrected chi connectivity index (χ2v) is 7.35. The molecule has 1 amide bonds. The number of aryl methyl sites for hydroxylation is 3. The number of rotatable bonds is 3. The van der Waals surface area contributed by atoms with Crippen molar-refractivity contribution >= 4 is 17.2 Å². The Morgan fingerprint density at radius 2 is 2.18 bits per heavy atom. The molecule has 118 valence electrons. The Hall–Kier alpha value is -1.69. The molecule has 1 fully saturated rings. The summed E-state index contributed by atoms with van der Waals surface area (Å²) in [5.41, 5.74) is 0. The summed E-state index contributed by atoms with van der Waals surface area (Å²) in [7, 11) is 0. The maximum atomic E-state index is 12.5. The van der Waals surface area contributed by atoms with Crippen LogP contribution in [0.1, 0.15) is 40.3 Å². The standard InChI is InChI=1S/C16H22N4OS/c1-11-6-7-15(22-11)9-16(21)19-8-4-5-14(10-19)20-13(3)17-12(2)18-20/h6-7,14H,4-5,8-10H2,1-3H3. The molecule has 1 aliphatic rings. The fourth-order valence-corrected chi connectivity index (χ4v) is 3.99. The molecule has 22 heavy (non-hydrogen) atoms. The summed E-state index contributed by atoms with van der Waals surface area (Å²) in [5, 5.41) is 4.48. The molecule has 0 spiro atoms. The predicted octanol–water partition coefficient (Wildman–Crippen LogP) is 2.67. The number of likely N-dealkylation sites (tertiary alicyclic amines) is 1. The van der Waals surface area contributed by atoms with Gasteiger partial charge >= 0.3 is 0 Å². The summed E-state index contributed by atoms with van der Waals surface area (Å²) in [6.07, 6.45) is 2.60. The molecule has 2 aromatic heterocycles. The number of thiophene rings is 1. The summed E-state index contributed by atoms with van der Waals surface area (Å²) < 4.78 is 1.99. The third-order valence-electron chi connectivity index (χ3n) is 4.12. The van der Waals surface area contributed by atoms with Crippen LogP contribution in [-0.2, 0) is 11.2 Å². The van der Waals surface area contributed by atoms with E-state index in [-0.39, 0.29) is 11.9 Å². The van der Waals surface area contributed by atoms with Crippen LogP contribution in [0.5, 0.6) is 0 Å². The van der Waals surface area contributed by atoms with E-state index < -0.39 is 0 Å². The largest absolute Gasteiger partial charge is 0.340 e. The van der Waals surface area contributed by atoms with Crippen molar-refractivity contribution in [2.45, 2.75) is 46.1 Å². The third kappa shape index (κ3) is 3.21. The summed E-state index contributed by atoms with van der Waals surface area (Å²) in [6, 6.07) is 4.39. The van der Waals surface area contributed by atoms with Gasteiger partial charge in [0.1, 0.15) is 11.6 Å². The van der Waals surface area contributed by atoms with Crippen LogP contribution < -0.4 is 0 Å². The van der Waals surface area contributed by atoms with Crippen molar-refractivity contribution in [3.63, 3.8) is 0 Å². The minimum atomic E-state index is 0.223. The van der Waals surface area contributed by atoms with E-state index in [0.29, 0.717) is 6.42 Å². The Balaban J connectivity index is 1.67. The number of carbonyl (C=O) groups is 1. The monoisotopic (exact) mass is 318 g/mol. The Morgan fingerprint density at radius 3 is 2.82 bits per heavy atom. The smallest absolute Gasteiger partial charge is 0.227 e. The Kier molecular flexibility index (Phi) is 4.29. The van der Waals surface area contributed by atoms with Gasteiger partial charge in [-0.25, -0.2) is 9.67 Å². The summed E-state index contributed by atoms with van der Waals surface area (Å²) in [4.78, 5) is 21.3. The molecular formula is C16H22N4OS. The number of piperidine rings is 1. The average molecular weight is 318 g/mol. The lowest BCUT2D eigenvalue weighted by atomic mass is 10.1. The topological polar surface area (TPSA) is 51.0 Å². The van der Waals surface area contributed by atoms with Gasteiger partial charge < -0.3 is 4.90 Å². The SMILES string of the molecule is Cc1nc(C)n(C2CCCN(C(=O)Cc3ccc(C)s3)C2)n1.